The molecule has 1 unspecified atom stereocenters. The molecule has 0 spiro atoms. The molecule has 1 saturated heterocycles. The molecular weight excluding hydrogens is 370 g/mol. The number of aromatic nitrogens is 2. The maximum absolute atomic E-state index is 12.7. The van der Waals surface area contributed by atoms with Gasteiger partial charge in [0, 0.05) is 33.2 Å². The van der Waals surface area contributed by atoms with Gasteiger partial charge in [-0.25, -0.2) is 4.98 Å². The molecule has 3 rings (SSSR count). The van der Waals surface area contributed by atoms with Crippen molar-refractivity contribution in [2.45, 2.75) is 25.4 Å². The number of imidazole rings is 1. The summed E-state index contributed by atoms with van der Waals surface area (Å²) in [7, 11) is 3.00. The average molecular weight is 395 g/mol. The summed E-state index contributed by atoms with van der Waals surface area (Å²) in [5, 5.41) is 14.6. The third-order valence-corrected chi connectivity index (χ3v) is 5.04. The summed E-state index contributed by atoms with van der Waals surface area (Å²) in [4.78, 5) is 31.7. The Morgan fingerprint density at radius 1 is 1.28 bits per heavy atom. The summed E-state index contributed by atoms with van der Waals surface area (Å²) in [6.07, 6.45) is 1.81. The lowest BCUT2D eigenvalue weighted by atomic mass is 10.1. The second-order valence-electron chi connectivity index (χ2n) is 6.97. The van der Waals surface area contributed by atoms with Gasteiger partial charge in [0.25, 0.3) is 11.8 Å². The SMILES string of the molecule is CNC(=O)c1nc(N2CCCC(N)C2)n(Cc2ccccc2C#N)c1C(=O)NC. The standard InChI is InChI=1S/C20H25N7O2/c1-23-18(28)16-17(19(29)24-2)27(11-14-7-4-3-6-13(14)10-21)20(25-16)26-9-5-8-15(22)12-26/h3-4,6-7,15H,5,8-9,11-12,22H2,1-2H3,(H,23,28)(H,24,29). The van der Waals surface area contributed by atoms with Crippen LogP contribution in [0, 0.1) is 11.3 Å². The van der Waals surface area contributed by atoms with Gasteiger partial charge in [-0.05, 0) is 24.5 Å². The van der Waals surface area contributed by atoms with E-state index in [1.54, 1.807) is 16.7 Å². The van der Waals surface area contributed by atoms with Crippen LogP contribution in [0.15, 0.2) is 24.3 Å². The second kappa shape index (κ2) is 8.75. The van der Waals surface area contributed by atoms with Crippen molar-refractivity contribution in [3.05, 3.63) is 46.8 Å². The zero-order valence-electron chi connectivity index (χ0n) is 16.6. The van der Waals surface area contributed by atoms with E-state index in [1.807, 2.05) is 17.0 Å². The summed E-state index contributed by atoms with van der Waals surface area (Å²) < 4.78 is 1.71. The fourth-order valence-corrected chi connectivity index (χ4v) is 3.59. The lowest BCUT2D eigenvalue weighted by Crippen LogP contribution is -2.44. The van der Waals surface area contributed by atoms with E-state index in [0.717, 1.165) is 24.9 Å². The monoisotopic (exact) mass is 395 g/mol. The van der Waals surface area contributed by atoms with Crippen molar-refractivity contribution in [3.8, 4) is 6.07 Å². The van der Waals surface area contributed by atoms with E-state index in [9.17, 15) is 14.9 Å². The van der Waals surface area contributed by atoms with Gasteiger partial charge in [0.05, 0.1) is 18.2 Å². The van der Waals surface area contributed by atoms with E-state index in [-0.39, 0.29) is 24.0 Å². The number of carbonyl (C=O) groups is 2. The Kier molecular flexibility index (Phi) is 6.14. The number of carbonyl (C=O) groups excluding carboxylic acids is 2. The van der Waals surface area contributed by atoms with Gasteiger partial charge < -0.3 is 25.8 Å². The van der Waals surface area contributed by atoms with Gasteiger partial charge in [0.1, 0.15) is 5.69 Å². The van der Waals surface area contributed by atoms with Crippen molar-refractivity contribution in [2.24, 2.45) is 5.73 Å². The average Bonchev–Trinajstić information content (AvgIpc) is 3.12. The molecule has 1 aliphatic rings. The van der Waals surface area contributed by atoms with Gasteiger partial charge in [-0.3, -0.25) is 9.59 Å². The summed E-state index contributed by atoms with van der Waals surface area (Å²) in [5.41, 5.74) is 7.61. The Balaban J connectivity index is 2.18. The first-order valence-corrected chi connectivity index (χ1v) is 9.53. The van der Waals surface area contributed by atoms with Gasteiger partial charge in [0.15, 0.2) is 5.69 Å². The van der Waals surface area contributed by atoms with E-state index in [2.05, 4.69) is 21.7 Å². The van der Waals surface area contributed by atoms with Crippen molar-refractivity contribution in [3.63, 3.8) is 0 Å². The van der Waals surface area contributed by atoms with Crippen LogP contribution in [0.1, 0.15) is 44.9 Å². The van der Waals surface area contributed by atoms with E-state index < -0.39 is 11.8 Å². The largest absolute Gasteiger partial charge is 0.354 e. The normalized spacial score (nSPS) is 16.2. The zero-order valence-corrected chi connectivity index (χ0v) is 16.6. The number of benzene rings is 1. The molecule has 1 aromatic heterocycles. The molecule has 1 aliphatic heterocycles. The number of nitriles is 1. The van der Waals surface area contributed by atoms with Crippen molar-refractivity contribution in [1.82, 2.24) is 20.2 Å². The molecule has 2 aromatic rings. The van der Waals surface area contributed by atoms with Crippen LogP contribution in [0.5, 0.6) is 0 Å². The Hall–Kier alpha value is -3.38. The van der Waals surface area contributed by atoms with Gasteiger partial charge in [-0.1, -0.05) is 18.2 Å². The molecule has 29 heavy (non-hydrogen) atoms. The lowest BCUT2D eigenvalue weighted by molar-refractivity contribution is 0.0921. The summed E-state index contributed by atoms with van der Waals surface area (Å²) in [6, 6.07) is 9.35. The van der Waals surface area contributed by atoms with Gasteiger partial charge in [-0.15, -0.1) is 0 Å². The molecule has 9 heteroatoms. The highest BCUT2D eigenvalue weighted by molar-refractivity contribution is 6.05. The van der Waals surface area contributed by atoms with Crippen LogP contribution in [-0.4, -0.2) is 54.6 Å². The van der Waals surface area contributed by atoms with Crippen LogP contribution >= 0.6 is 0 Å². The highest BCUT2D eigenvalue weighted by Gasteiger charge is 2.30. The van der Waals surface area contributed by atoms with Gasteiger partial charge >= 0.3 is 0 Å². The number of amides is 2. The first kappa shape index (κ1) is 20.4. The number of hydrogen-bond acceptors (Lipinski definition) is 6. The van der Waals surface area contributed by atoms with Crippen LogP contribution in [0.4, 0.5) is 5.95 Å². The Bertz CT molecular complexity index is 960. The van der Waals surface area contributed by atoms with Crippen molar-refractivity contribution >= 4 is 17.8 Å². The summed E-state index contributed by atoms with van der Waals surface area (Å²) in [6.45, 7) is 1.54. The summed E-state index contributed by atoms with van der Waals surface area (Å²) in [5.74, 6) is -0.360. The topological polar surface area (TPSA) is 129 Å². The molecule has 0 bridgehead atoms. The van der Waals surface area contributed by atoms with Crippen molar-refractivity contribution < 1.29 is 9.59 Å². The highest BCUT2D eigenvalue weighted by Crippen LogP contribution is 2.25. The minimum Gasteiger partial charge on any atom is -0.354 e. The quantitative estimate of drug-likeness (QED) is 0.674. The number of nitrogens with two attached hydrogens (primary N) is 1. The maximum Gasteiger partial charge on any atom is 0.272 e. The molecule has 2 amide bonds. The fourth-order valence-electron chi connectivity index (χ4n) is 3.59. The molecule has 0 aliphatic carbocycles. The first-order valence-electron chi connectivity index (χ1n) is 9.53. The lowest BCUT2D eigenvalue weighted by Gasteiger charge is -2.32. The zero-order chi connectivity index (χ0) is 21.0. The molecule has 9 nitrogen and oxygen atoms in total. The summed E-state index contributed by atoms with van der Waals surface area (Å²) >= 11 is 0. The minimum atomic E-state index is -0.446. The number of piperidine rings is 1. The highest BCUT2D eigenvalue weighted by atomic mass is 16.2. The molecule has 1 fully saturated rings. The van der Waals surface area contributed by atoms with Crippen molar-refractivity contribution in [1.29, 1.82) is 5.26 Å². The number of rotatable bonds is 5. The van der Waals surface area contributed by atoms with Crippen molar-refractivity contribution in [2.75, 3.05) is 32.1 Å². The molecule has 1 aromatic carbocycles. The number of nitrogens with zero attached hydrogens (tertiary/aromatic N) is 4. The predicted molar refractivity (Wildman–Crippen MR) is 109 cm³/mol. The smallest absolute Gasteiger partial charge is 0.272 e. The molecule has 4 N–H and O–H groups in total. The molecule has 0 radical (unpaired) electrons. The van der Waals surface area contributed by atoms with Crippen LogP contribution in [0.2, 0.25) is 0 Å². The third-order valence-electron chi connectivity index (χ3n) is 5.04. The van der Waals surface area contributed by atoms with Crippen LogP contribution < -0.4 is 21.3 Å². The predicted octanol–water partition coefficient (Wildman–Crippen LogP) is 0.450. The molecule has 1 atom stereocenters. The third kappa shape index (κ3) is 4.07. The number of anilines is 1. The molecule has 2 heterocycles. The molecular formula is C20H25N7O2. The van der Waals surface area contributed by atoms with Crippen LogP contribution in [-0.2, 0) is 6.54 Å². The molecule has 0 saturated carbocycles. The van der Waals surface area contributed by atoms with E-state index in [0.29, 0.717) is 18.1 Å². The number of nitrogens with one attached hydrogen (secondary N) is 2. The fraction of sp³-hybridized carbons (Fsp3) is 0.400. The Labute approximate surface area is 169 Å². The van der Waals surface area contributed by atoms with Gasteiger partial charge in [-0.2, -0.15) is 5.26 Å². The maximum atomic E-state index is 12.7. The Morgan fingerprint density at radius 3 is 2.66 bits per heavy atom. The second-order valence-corrected chi connectivity index (χ2v) is 6.97. The van der Waals surface area contributed by atoms with Crippen LogP contribution in [0.25, 0.3) is 0 Å². The molecule has 152 valence electrons. The van der Waals surface area contributed by atoms with Gasteiger partial charge in [0.2, 0.25) is 5.95 Å². The first-order chi connectivity index (χ1) is 14.0. The minimum absolute atomic E-state index is 0.00722. The van der Waals surface area contributed by atoms with E-state index >= 15 is 0 Å². The van der Waals surface area contributed by atoms with E-state index in [1.165, 1.54) is 14.1 Å². The van der Waals surface area contributed by atoms with E-state index in [4.69, 9.17) is 5.73 Å². The Morgan fingerprint density at radius 2 is 2.00 bits per heavy atom. The van der Waals surface area contributed by atoms with Crippen LogP contribution in [0.3, 0.4) is 0 Å². The number of hydrogen-bond donors (Lipinski definition) is 3.